The van der Waals surface area contributed by atoms with E-state index < -0.39 is 0 Å². The second kappa shape index (κ2) is 7.11. The minimum absolute atomic E-state index is 0.104. The molecule has 2 atom stereocenters. The molecule has 2 heterocycles. The Morgan fingerprint density at radius 3 is 3.05 bits per heavy atom. The van der Waals surface area contributed by atoms with Gasteiger partial charge in [0.25, 0.3) is 5.91 Å². The van der Waals surface area contributed by atoms with Crippen LogP contribution in [0.5, 0.6) is 0 Å². The molecule has 1 aliphatic carbocycles. The quantitative estimate of drug-likeness (QED) is 0.925. The van der Waals surface area contributed by atoms with Crippen molar-refractivity contribution >= 4 is 17.2 Å². The average Bonchev–Trinajstić information content (AvgIpc) is 2.96. The minimum atomic E-state index is 0.104. The smallest absolute Gasteiger partial charge is 0.252 e. The van der Waals surface area contributed by atoms with Gasteiger partial charge in [0.2, 0.25) is 0 Å². The van der Waals surface area contributed by atoms with Crippen LogP contribution in [-0.4, -0.2) is 49.7 Å². The highest BCUT2D eigenvalue weighted by Gasteiger charge is 2.24. The maximum absolute atomic E-state index is 12.5. The zero-order valence-corrected chi connectivity index (χ0v) is 14.4. The van der Waals surface area contributed by atoms with Crippen LogP contribution in [0.15, 0.2) is 5.38 Å². The Morgan fingerprint density at radius 1 is 1.50 bits per heavy atom. The van der Waals surface area contributed by atoms with E-state index >= 15 is 0 Å². The molecule has 2 aliphatic rings. The van der Waals surface area contributed by atoms with Crippen LogP contribution in [-0.2, 0) is 17.6 Å². The lowest BCUT2D eigenvalue weighted by molar-refractivity contribution is 0.0204. The normalized spacial score (nSPS) is 23.8. The van der Waals surface area contributed by atoms with Crippen LogP contribution < -0.4 is 5.32 Å². The van der Waals surface area contributed by atoms with Gasteiger partial charge in [-0.05, 0) is 37.7 Å². The lowest BCUT2D eigenvalue weighted by Gasteiger charge is -2.32. The Labute approximate surface area is 136 Å². The largest absolute Gasteiger partial charge is 0.379 e. The van der Waals surface area contributed by atoms with Gasteiger partial charge in [-0.2, -0.15) is 0 Å². The number of nitrogens with zero attached hydrogens (tertiary/aromatic N) is 1. The molecular weight excluding hydrogens is 296 g/mol. The molecule has 1 aliphatic heterocycles. The highest BCUT2D eigenvalue weighted by Crippen LogP contribution is 2.32. The summed E-state index contributed by atoms with van der Waals surface area (Å²) in [6, 6.07) is 0.363. The van der Waals surface area contributed by atoms with Gasteiger partial charge < -0.3 is 10.1 Å². The molecule has 0 bridgehead atoms. The number of carbonyl (C=O) groups is 1. The molecule has 4 nitrogen and oxygen atoms in total. The van der Waals surface area contributed by atoms with Crippen molar-refractivity contribution in [3.63, 3.8) is 0 Å². The topological polar surface area (TPSA) is 41.6 Å². The van der Waals surface area contributed by atoms with Crippen LogP contribution in [0.4, 0.5) is 0 Å². The monoisotopic (exact) mass is 322 g/mol. The predicted octanol–water partition coefficient (Wildman–Crippen LogP) is 2.32. The highest BCUT2D eigenvalue weighted by molar-refractivity contribution is 7.10. The lowest BCUT2D eigenvalue weighted by Crippen LogP contribution is -2.47. The van der Waals surface area contributed by atoms with Gasteiger partial charge in [0.05, 0.1) is 18.8 Å². The van der Waals surface area contributed by atoms with Crippen molar-refractivity contribution in [2.24, 2.45) is 5.92 Å². The van der Waals surface area contributed by atoms with Crippen molar-refractivity contribution in [1.82, 2.24) is 10.2 Å². The number of morpholine rings is 1. The fraction of sp³-hybridized carbons (Fsp3) is 0.706. The summed E-state index contributed by atoms with van der Waals surface area (Å²) in [7, 11) is 0. The standard InChI is InChI=1S/C17H26N2O2S/c1-12-3-4-14-15(11-22-16(14)9-12)17(20)18-10-13(2)19-5-7-21-8-6-19/h11-13H,3-10H2,1-2H3,(H,18,20)/t12-,13-/m0/s1. The van der Waals surface area contributed by atoms with Gasteiger partial charge in [0.1, 0.15) is 0 Å². The maximum atomic E-state index is 12.5. The Balaban J connectivity index is 1.56. The number of amides is 1. The molecule has 1 N–H and O–H groups in total. The molecule has 122 valence electrons. The molecule has 3 rings (SSSR count). The van der Waals surface area contributed by atoms with E-state index in [0.717, 1.165) is 50.6 Å². The van der Waals surface area contributed by atoms with Gasteiger partial charge in [-0.1, -0.05) is 6.92 Å². The van der Waals surface area contributed by atoms with E-state index in [4.69, 9.17) is 4.74 Å². The fourth-order valence-corrected chi connectivity index (χ4v) is 4.60. The van der Waals surface area contributed by atoms with Gasteiger partial charge in [0, 0.05) is 35.9 Å². The molecule has 0 spiro atoms. The fourth-order valence-electron chi connectivity index (χ4n) is 3.35. The molecule has 0 aromatic carbocycles. The SMILES string of the molecule is C[C@H]1CCc2c(C(=O)NC[C@H](C)N3CCOCC3)csc2C1. The van der Waals surface area contributed by atoms with E-state index in [1.165, 1.54) is 16.9 Å². The third-order valence-electron chi connectivity index (χ3n) is 4.87. The molecule has 1 aromatic rings. The van der Waals surface area contributed by atoms with Crippen molar-refractivity contribution in [3.05, 3.63) is 21.4 Å². The summed E-state index contributed by atoms with van der Waals surface area (Å²) in [6.07, 6.45) is 3.40. The zero-order valence-electron chi connectivity index (χ0n) is 13.6. The minimum Gasteiger partial charge on any atom is -0.379 e. The Bertz CT molecular complexity index is 523. The van der Waals surface area contributed by atoms with Crippen LogP contribution >= 0.6 is 11.3 Å². The number of rotatable bonds is 4. The number of carbonyl (C=O) groups excluding carboxylic acids is 1. The van der Waals surface area contributed by atoms with Crippen molar-refractivity contribution in [3.8, 4) is 0 Å². The van der Waals surface area contributed by atoms with Crippen LogP contribution in [0, 0.1) is 5.92 Å². The van der Waals surface area contributed by atoms with Crippen molar-refractivity contribution in [2.75, 3.05) is 32.8 Å². The summed E-state index contributed by atoms with van der Waals surface area (Å²) in [5.74, 6) is 0.857. The molecule has 5 heteroatoms. The molecule has 0 radical (unpaired) electrons. The van der Waals surface area contributed by atoms with Crippen LogP contribution in [0.3, 0.4) is 0 Å². The summed E-state index contributed by atoms with van der Waals surface area (Å²) in [5.41, 5.74) is 2.22. The molecule has 0 unspecified atom stereocenters. The molecule has 22 heavy (non-hydrogen) atoms. The molecule has 1 amide bonds. The summed E-state index contributed by atoms with van der Waals surface area (Å²) < 4.78 is 5.38. The summed E-state index contributed by atoms with van der Waals surface area (Å²) in [6.45, 7) is 8.71. The van der Waals surface area contributed by atoms with E-state index in [9.17, 15) is 4.79 Å². The number of nitrogens with one attached hydrogen (secondary N) is 1. The maximum Gasteiger partial charge on any atom is 0.252 e. The second-order valence-electron chi connectivity index (χ2n) is 6.61. The first-order chi connectivity index (χ1) is 10.6. The van der Waals surface area contributed by atoms with E-state index in [0.29, 0.717) is 12.6 Å². The summed E-state index contributed by atoms with van der Waals surface area (Å²) in [4.78, 5) is 16.3. The first kappa shape index (κ1) is 16.0. The molecular formula is C17H26N2O2S. The number of thiophene rings is 1. The van der Waals surface area contributed by atoms with Crippen molar-refractivity contribution < 1.29 is 9.53 Å². The number of hydrogen-bond acceptors (Lipinski definition) is 4. The lowest BCUT2D eigenvalue weighted by atomic mass is 9.88. The van der Waals surface area contributed by atoms with E-state index in [1.54, 1.807) is 11.3 Å². The van der Waals surface area contributed by atoms with Gasteiger partial charge in [0.15, 0.2) is 0 Å². The Hall–Kier alpha value is -0.910. The van der Waals surface area contributed by atoms with Crippen LogP contribution in [0.25, 0.3) is 0 Å². The average molecular weight is 322 g/mol. The van der Waals surface area contributed by atoms with E-state index in [2.05, 4.69) is 29.4 Å². The summed E-state index contributed by atoms with van der Waals surface area (Å²) >= 11 is 1.76. The van der Waals surface area contributed by atoms with Gasteiger partial charge in [-0.25, -0.2) is 0 Å². The number of fused-ring (bicyclic) bond motifs is 1. The highest BCUT2D eigenvalue weighted by atomic mass is 32.1. The van der Waals surface area contributed by atoms with Gasteiger partial charge in [-0.15, -0.1) is 11.3 Å². The van der Waals surface area contributed by atoms with E-state index in [-0.39, 0.29) is 5.91 Å². The van der Waals surface area contributed by atoms with Crippen LogP contribution in [0.2, 0.25) is 0 Å². The van der Waals surface area contributed by atoms with Crippen LogP contribution in [0.1, 0.15) is 41.1 Å². The van der Waals surface area contributed by atoms with Gasteiger partial charge >= 0.3 is 0 Å². The predicted molar refractivity (Wildman–Crippen MR) is 89.7 cm³/mol. The first-order valence-electron chi connectivity index (χ1n) is 8.34. The molecule has 1 aromatic heterocycles. The van der Waals surface area contributed by atoms with Crippen molar-refractivity contribution in [1.29, 1.82) is 0 Å². The van der Waals surface area contributed by atoms with Crippen molar-refractivity contribution in [2.45, 2.75) is 39.2 Å². The third kappa shape index (κ3) is 3.53. The Kier molecular flexibility index (Phi) is 5.16. The third-order valence-corrected chi connectivity index (χ3v) is 5.92. The van der Waals surface area contributed by atoms with Gasteiger partial charge in [-0.3, -0.25) is 9.69 Å². The molecule has 1 saturated heterocycles. The first-order valence-corrected chi connectivity index (χ1v) is 9.22. The number of hydrogen-bond donors (Lipinski definition) is 1. The second-order valence-corrected chi connectivity index (χ2v) is 7.57. The summed E-state index contributed by atoms with van der Waals surface area (Å²) in [5, 5.41) is 5.18. The number of ether oxygens (including phenoxy) is 1. The molecule has 0 saturated carbocycles. The zero-order chi connectivity index (χ0) is 15.5. The van der Waals surface area contributed by atoms with E-state index in [1.807, 2.05) is 0 Å². The molecule has 1 fully saturated rings. The Morgan fingerprint density at radius 2 is 2.27 bits per heavy atom.